The van der Waals surface area contributed by atoms with E-state index in [9.17, 15) is 18.0 Å². The molecule has 7 nitrogen and oxygen atoms in total. The molecule has 10 heteroatoms. The average Bonchev–Trinajstić information content (AvgIpc) is 2.85. The van der Waals surface area contributed by atoms with Crippen molar-refractivity contribution in [3.8, 4) is 0 Å². The molecule has 0 heterocycles. The number of hydrogen-bond acceptors (Lipinski definition) is 4. The Bertz CT molecular complexity index is 1410. The maximum Gasteiger partial charge on any atom is 0.244 e. The molecule has 1 N–H and O–H groups in total. The molecular weight excluding hydrogens is 557 g/mol. The molecule has 0 aliphatic rings. The molecule has 208 valence electrons. The van der Waals surface area contributed by atoms with Crippen LogP contribution in [-0.2, 0) is 32.6 Å². The minimum Gasteiger partial charge on any atom is -0.355 e. The topological polar surface area (TPSA) is 86.8 Å². The van der Waals surface area contributed by atoms with E-state index in [0.717, 1.165) is 27.3 Å². The van der Waals surface area contributed by atoms with Crippen LogP contribution in [0.2, 0.25) is 10.0 Å². The van der Waals surface area contributed by atoms with E-state index >= 15 is 0 Å². The molecule has 0 bridgehead atoms. The summed E-state index contributed by atoms with van der Waals surface area (Å²) >= 11 is 12.6. The predicted octanol–water partition coefficient (Wildman–Crippen LogP) is 5.15. The van der Waals surface area contributed by atoms with Gasteiger partial charge in [-0.25, -0.2) is 8.42 Å². The van der Waals surface area contributed by atoms with Crippen molar-refractivity contribution in [2.75, 3.05) is 23.7 Å². The molecule has 0 aliphatic heterocycles. The molecule has 0 aliphatic carbocycles. The van der Waals surface area contributed by atoms with Gasteiger partial charge in [0.25, 0.3) is 0 Å². The lowest BCUT2D eigenvalue weighted by Crippen LogP contribution is -2.53. The standard InChI is InChI=1S/C29H33Cl2N3O4S/c1-5-32-29(36)27(16-22-9-7-6-8-10-22)33(18-23-11-12-24(30)17-26(23)31)28(35)19-34(39(4,37)38)25-14-20(2)13-21(3)15-25/h6-15,17,27H,5,16,18-19H2,1-4H3,(H,32,36)/t27-/m0/s1. The number of hydrogen-bond donors (Lipinski definition) is 1. The summed E-state index contributed by atoms with van der Waals surface area (Å²) < 4.78 is 26.9. The second-order valence-electron chi connectivity index (χ2n) is 9.47. The molecule has 3 aromatic carbocycles. The fourth-order valence-corrected chi connectivity index (χ4v) is 5.69. The van der Waals surface area contributed by atoms with Crippen LogP contribution in [0.3, 0.4) is 0 Å². The Hall–Kier alpha value is -3.07. The number of sulfonamides is 1. The van der Waals surface area contributed by atoms with Crippen LogP contribution in [-0.4, -0.2) is 50.5 Å². The van der Waals surface area contributed by atoms with Gasteiger partial charge in [0, 0.05) is 29.6 Å². The van der Waals surface area contributed by atoms with E-state index in [2.05, 4.69) is 5.32 Å². The summed E-state index contributed by atoms with van der Waals surface area (Å²) in [6.45, 7) is 5.37. The number of aryl methyl sites for hydroxylation is 2. The van der Waals surface area contributed by atoms with Gasteiger partial charge in [0.05, 0.1) is 11.9 Å². The molecule has 2 amide bonds. The lowest BCUT2D eigenvalue weighted by atomic mass is 10.0. The van der Waals surface area contributed by atoms with Gasteiger partial charge in [0.1, 0.15) is 12.6 Å². The summed E-state index contributed by atoms with van der Waals surface area (Å²) in [5, 5.41) is 3.59. The summed E-state index contributed by atoms with van der Waals surface area (Å²) in [6, 6.07) is 18.7. The Kier molecular flexibility index (Phi) is 10.4. The Morgan fingerprint density at radius 2 is 1.59 bits per heavy atom. The highest BCUT2D eigenvalue weighted by Crippen LogP contribution is 2.26. The van der Waals surface area contributed by atoms with Crippen LogP contribution < -0.4 is 9.62 Å². The lowest BCUT2D eigenvalue weighted by Gasteiger charge is -2.33. The zero-order valence-corrected chi connectivity index (χ0v) is 24.8. The first-order valence-corrected chi connectivity index (χ1v) is 15.1. The molecule has 0 unspecified atom stereocenters. The first-order valence-electron chi connectivity index (χ1n) is 12.5. The van der Waals surface area contributed by atoms with Crippen LogP contribution in [0.15, 0.2) is 66.7 Å². The highest BCUT2D eigenvalue weighted by atomic mass is 35.5. The quantitative estimate of drug-likeness (QED) is 0.335. The minimum absolute atomic E-state index is 0.0199. The summed E-state index contributed by atoms with van der Waals surface area (Å²) in [6.07, 6.45) is 1.29. The van der Waals surface area contributed by atoms with Crippen LogP contribution in [0.25, 0.3) is 0 Å². The van der Waals surface area contributed by atoms with E-state index in [1.807, 2.05) is 50.2 Å². The Morgan fingerprint density at radius 1 is 0.949 bits per heavy atom. The van der Waals surface area contributed by atoms with Gasteiger partial charge in [0.2, 0.25) is 21.8 Å². The normalized spacial score (nSPS) is 12.1. The van der Waals surface area contributed by atoms with Crippen LogP contribution in [0.4, 0.5) is 5.69 Å². The van der Waals surface area contributed by atoms with Gasteiger partial charge in [0.15, 0.2) is 0 Å². The molecule has 0 saturated heterocycles. The van der Waals surface area contributed by atoms with Crippen LogP contribution in [0, 0.1) is 13.8 Å². The maximum atomic E-state index is 14.0. The van der Waals surface area contributed by atoms with Crippen molar-refractivity contribution in [2.45, 2.75) is 39.8 Å². The third kappa shape index (κ3) is 8.46. The van der Waals surface area contributed by atoms with Crippen molar-refractivity contribution in [1.29, 1.82) is 0 Å². The number of likely N-dealkylation sites (N-methyl/N-ethyl adjacent to an activating group) is 1. The monoisotopic (exact) mass is 589 g/mol. The zero-order valence-electron chi connectivity index (χ0n) is 22.4. The van der Waals surface area contributed by atoms with Gasteiger partial charge in [-0.05, 0) is 67.3 Å². The van der Waals surface area contributed by atoms with Crippen LogP contribution in [0.1, 0.15) is 29.2 Å². The molecule has 0 saturated carbocycles. The molecule has 0 spiro atoms. The summed E-state index contributed by atoms with van der Waals surface area (Å²) in [5.41, 5.74) is 3.53. The molecule has 3 aromatic rings. The predicted molar refractivity (Wildman–Crippen MR) is 158 cm³/mol. The van der Waals surface area contributed by atoms with Gasteiger partial charge in [-0.3, -0.25) is 13.9 Å². The number of benzene rings is 3. The molecule has 0 aromatic heterocycles. The van der Waals surface area contributed by atoms with Crippen molar-refractivity contribution in [3.05, 3.63) is 99.0 Å². The Labute approximate surface area is 240 Å². The minimum atomic E-state index is -3.84. The van der Waals surface area contributed by atoms with Crippen molar-refractivity contribution in [1.82, 2.24) is 10.2 Å². The summed E-state index contributed by atoms with van der Waals surface area (Å²) in [4.78, 5) is 28.8. The van der Waals surface area contributed by atoms with Crippen molar-refractivity contribution < 1.29 is 18.0 Å². The first kappa shape index (κ1) is 30.5. The van der Waals surface area contributed by atoms with Crippen molar-refractivity contribution in [2.24, 2.45) is 0 Å². The SMILES string of the molecule is CCNC(=O)[C@H](Cc1ccccc1)N(Cc1ccc(Cl)cc1Cl)C(=O)CN(c1cc(C)cc(C)c1)S(C)(=O)=O. The van der Waals surface area contributed by atoms with Crippen LogP contribution >= 0.6 is 23.2 Å². The van der Waals surface area contributed by atoms with E-state index in [0.29, 0.717) is 27.8 Å². The highest BCUT2D eigenvalue weighted by molar-refractivity contribution is 7.92. The summed E-state index contributed by atoms with van der Waals surface area (Å²) in [7, 11) is -3.84. The second-order valence-corrected chi connectivity index (χ2v) is 12.2. The third-order valence-corrected chi connectivity index (χ3v) is 7.88. The van der Waals surface area contributed by atoms with Gasteiger partial charge in [-0.15, -0.1) is 0 Å². The Morgan fingerprint density at radius 3 is 2.15 bits per heavy atom. The molecule has 1 atom stereocenters. The number of amides is 2. The first-order chi connectivity index (χ1) is 18.4. The molecule has 39 heavy (non-hydrogen) atoms. The molecule has 3 rings (SSSR count). The molecule has 0 fully saturated rings. The van der Waals surface area contributed by atoms with E-state index in [4.69, 9.17) is 23.2 Å². The maximum absolute atomic E-state index is 14.0. The number of carbonyl (C=O) groups excluding carboxylic acids is 2. The number of halogens is 2. The van der Waals surface area contributed by atoms with Crippen molar-refractivity contribution >= 4 is 50.7 Å². The largest absolute Gasteiger partial charge is 0.355 e. The van der Waals surface area contributed by atoms with Gasteiger partial charge in [-0.2, -0.15) is 0 Å². The molecular formula is C29H33Cl2N3O4S. The number of nitrogens with zero attached hydrogens (tertiary/aromatic N) is 2. The second kappa shape index (κ2) is 13.3. The summed E-state index contributed by atoms with van der Waals surface area (Å²) in [5.74, 6) is -0.894. The fraction of sp³-hybridized carbons (Fsp3) is 0.310. The smallest absolute Gasteiger partial charge is 0.244 e. The average molecular weight is 591 g/mol. The van der Waals surface area contributed by atoms with E-state index in [-0.39, 0.29) is 18.9 Å². The van der Waals surface area contributed by atoms with Gasteiger partial charge >= 0.3 is 0 Å². The number of rotatable bonds is 11. The molecule has 0 radical (unpaired) electrons. The Balaban J connectivity index is 2.08. The number of anilines is 1. The number of nitrogens with one attached hydrogen (secondary N) is 1. The third-order valence-electron chi connectivity index (χ3n) is 6.15. The van der Waals surface area contributed by atoms with E-state index in [1.165, 1.54) is 4.90 Å². The highest BCUT2D eigenvalue weighted by Gasteiger charge is 2.33. The van der Waals surface area contributed by atoms with Crippen molar-refractivity contribution in [3.63, 3.8) is 0 Å². The van der Waals surface area contributed by atoms with Gasteiger partial charge in [-0.1, -0.05) is 65.7 Å². The van der Waals surface area contributed by atoms with Crippen LogP contribution in [0.5, 0.6) is 0 Å². The lowest BCUT2D eigenvalue weighted by molar-refractivity contribution is -0.140. The van der Waals surface area contributed by atoms with E-state index in [1.54, 1.807) is 37.3 Å². The van der Waals surface area contributed by atoms with Gasteiger partial charge < -0.3 is 10.2 Å². The van der Waals surface area contributed by atoms with E-state index < -0.39 is 28.5 Å². The number of carbonyl (C=O) groups is 2. The zero-order chi connectivity index (χ0) is 28.7. The fourth-order valence-electron chi connectivity index (χ4n) is 4.39.